The summed E-state index contributed by atoms with van der Waals surface area (Å²) in [5.41, 5.74) is 4.54. The summed E-state index contributed by atoms with van der Waals surface area (Å²) < 4.78 is 0. The lowest BCUT2D eigenvalue weighted by molar-refractivity contribution is 0.0993. The van der Waals surface area contributed by atoms with Crippen molar-refractivity contribution in [2.75, 3.05) is 0 Å². The van der Waals surface area contributed by atoms with Gasteiger partial charge in [-0.1, -0.05) is 56.3 Å². The molecule has 0 bridgehead atoms. The third-order valence-electron chi connectivity index (χ3n) is 3.50. The summed E-state index contributed by atoms with van der Waals surface area (Å²) in [6.45, 7) is 4.29. The van der Waals surface area contributed by atoms with Gasteiger partial charge < -0.3 is 0 Å². The fourth-order valence-corrected chi connectivity index (χ4v) is 2.36. The van der Waals surface area contributed by atoms with Gasteiger partial charge in [-0.3, -0.25) is 4.79 Å². The van der Waals surface area contributed by atoms with Gasteiger partial charge in [0.05, 0.1) is 0 Å². The number of ketones is 1. The lowest BCUT2D eigenvalue weighted by Crippen LogP contribution is -2.05. The lowest BCUT2D eigenvalue weighted by Gasteiger charge is -2.08. The monoisotopic (exact) mass is 252 g/mol. The molecular weight excluding hydrogens is 232 g/mol. The number of rotatable bonds is 5. The summed E-state index contributed by atoms with van der Waals surface area (Å²) in [5.74, 6) is 0.198. The Kier molecular flexibility index (Phi) is 4.51. The molecule has 2 rings (SSSR count). The Morgan fingerprint density at radius 2 is 1.58 bits per heavy atom. The highest BCUT2D eigenvalue weighted by molar-refractivity contribution is 5.97. The van der Waals surface area contributed by atoms with Crippen molar-refractivity contribution in [2.24, 2.45) is 0 Å². The minimum absolute atomic E-state index is 0.198. The second kappa shape index (κ2) is 6.33. The van der Waals surface area contributed by atoms with Crippen molar-refractivity contribution in [3.8, 4) is 0 Å². The van der Waals surface area contributed by atoms with Crippen LogP contribution in [0.25, 0.3) is 0 Å². The molecule has 98 valence electrons. The van der Waals surface area contributed by atoms with Crippen molar-refractivity contribution in [1.29, 1.82) is 0 Å². The second-order valence-electron chi connectivity index (χ2n) is 4.78. The quantitative estimate of drug-likeness (QED) is 0.727. The highest BCUT2D eigenvalue weighted by Crippen LogP contribution is 2.15. The molecule has 0 aliphatic rings. The van der Waals surface area contributed by atoms with Crippen LogP contribution in [0.15, 0.2) is 48.5 Å². The molecule has 0 N–H and O–H groups in total. The zero-order valence-corrected chi connectivity index (χ0v) is 11.6. The molecule has 0 saturated heterocycles. The van der Waals surface area contributed by atoms with E-state index >= 15 is 0 Å². The Balaban J connectivity index is 2.20. The van der Waals surface area contributed by atoms with Gasteiger partial charge >= 0.3 is 0 Å². The van der Waals surface area contributed by atoms with Gasteiger partial charge in [0.15, 0.2) is 5.78 Å². The maximum Gasteiger partial charge on any atom is 0.167 e. The standard InChI is InChI=1S/C18H20O/c1-3-15-10-11-17(13-16(15)4-2)18(19)12-14-8-6-5-7-9-14/h5-11,13H,3-4,12H2,1-2H3. The molecule has 0 radical (unpaired) electrons. The molecule has 0 unspecified atom stereocenters. The molecule has 0 fully saturated rings. The largest absolute Gasteiger partial charge is 0.294 e. The first kappa shape index (κ1) is 13.5. The van der Waals surface area contributed by atoms with Crippen molar-refractivity contribution in [3.05, 3.63) is 70.8 Å². The third-order valence-corrected chi connectivity index (χ3v) is 3.50. The van der Waals surface area contributed by atoms with Gasteiger partial charge in [0, 0.05) is 12.0 Å². The van der Waals surface area contributed by atoms with Crippen LogP contribution in [0.4, 0.5) is 0 Å². The molecule has 0 spiro atoms. The van der Waals surface area contributed by atoms with E-state index in [1.165, 1.54) is 11.1 Å². The minimum Gasteiger partial charge on any atom is -0.294 e. The van der Waals surface area contributed by atoms with Crippen LogP contribution in [0.3, 0.4) is 0 Å². The number of carbonyl (C=O) groups is 1. The highest BCUT2D eigenvalue weighted by atomic mass is 16.1. The molecule has 0 aromatic heterocycles. The molecule has 2 aromatic rings. The van der Waals surface area contributed by atoms with Crippen LogP contribution >= 0.6 is 0 Å². The van der Waals surface area contributed by atoms with E-state index in [1.807, 2.05) is 36.4 Å². The van der Waals surface area contributed by atoms with E-state index in [-0.39, 0.29) is 5.78 Å². The van der Waals surface area contributed by atoms with Crippen LogP contribution in [0, 0.1) is 0 Å². The number of hydrogen-bond acceptors (Lipinski definition) is 1. The predicted octanol–water partition coefficient (Wildman–Crippen LogP) is 4.24. The van der Waals surface area contributed by atoms with Crippen LogP contribution in [0.1, 0.15) is 40.9 Å². The highest BCUT2D eigenvalue weighted by Gasteiger charge is 2.09. The fraction of sp³-hybridized carbons (Fsp3) is 0.278. The lowest BCUT2D eigenvalue weighted by atomic mass is 9.96. The Morgan fingerprint density at radius 3 is 2.21 bits per heavy atom. The molecule has 0 aliphatic heterocycles. The smallest absolute Gasteiger partial charge is 0.167 e. The van der Waals surface area contributed by atoms with Gasteiger partial charge in [0.1, 0.15) is 0 Å². The average molecular weight is 252 g/mol. The van der Waals surface area contributed by atoms with E-state index in [9.17, 15) is 4.79 Å². The third kappa shape index (κ3) is 3.31. The summed E-state index contributed by atoms with van der Waals surface area (Å²) in [4.78, 5) is 12.3. The van der Waals surface area contributed by atoms with Gasteiger partial charge in [-0.25, -0.2) is 0 Å². The summed E-state index contributed by atoms with van der Waals surface area (Å²) >= 11 is 0. The first-order valence-corrected chi connectivity index (χ1v) is 6.93. The van der Waals surface area contributed by atoms with Gasteiger partial charge in [0.2, 0.25) is 0 Å². The van der Waals surface area contributed by atoms with Gasteiger partial charge in [-0.05, 0) is 35.6 Å². The molecule has 1 heteroatoms. The van der Waals surface area contributed by atoms with Crippen molar-refractivity contribution in [2.45, 2.75) is 33.1 Å². The normalized spacial score (nSPS) is 10.4. The molecule has 19 heavy (non-hydrogen) atoms. The number of carbonyl (C=O) groups excluding carboxylic acids is 1. The van der Waals surface area contributed by atoms with Crippen molar-refractivity contribution < 1.29 is 4.79 Å². The Labute approximate surface area is 115 Å². The molecule has 2 aromatic carbocycles. The van der Waals surface area contributed by atoms with Crippen LogP contribution in [0.2, 0.25) is 0 Å². The minimum atomic E-state index is 0.198. The van der Waals surface area contributed by atoms with E-state index in [1.54, 1.807) is 0 Å². The van der Waals surface area contributed by atoms with E-state index in [4.69, 9.17) is 0 Å². The van der Waals surface area contributed by atoms with Crippen LogP contribution in [0.5, 0.6) is 0 Å². The summed E-state index contributed by atoms with van der Waals surface area (Å²) in [6.07, 6.45) is 2.49. The molecule has 0 amide bonds. The number of benzene rings is 2. The first-order chi connectivity index (χ1) is 9.24. The van der Waals surface area contributed by atoms with Crippen LogP contribution in [-0.4, -0.2) is 5.78 Å². The second-order valence-corrected chi connectivity index (χ2v) is 4.78. The van der Waals surface area contributed by atoms with Gasteiger partial charge in [-0.2, -0.15) is 0 Å². The van der Waals surface area contributed by atoms with Gasteiger partial charge in [0.25, 0.3) is 0 Å². The van der Waals surface area contributed by atoms with Crippen molar-refractivity contribution in [1.82, 2.24) is 0 Å². The van der Waals surface area contributed by atoms with E-state index in [0.717, 1.165) is 24.0 Å². The molecular formula is C18H20O. The molecule has 0 saturated carbocycles. The van der Waals surface area contributed by atoms with Crippen molar-refractivity contribution >= 4 is 5.78 Å². The zero-order valence-electron chi connectivity index (χ0n) is 11.6. The number of aryl methyl sites for hydroxylation is 2. The van der Waals surface area contributed by atoms with Crippen molar-refractivity contribution in [3.63, 3.8) is 0 Å². The molecule has 0 aliphatic carbocycles. The van der Waals surface area contributed by atoms with Crippen LogP contribution in [-0.2, 0) is 19.3 Å². The maximum atomic E-state index is 12.3. The van der Waals surface area contributed by atoms with Crippen LogP contribution < -0.4 is 0 Å². The summed E-state index contributed by atoms with van der Waals surface area (Å²) in [7, 11) is 0. The predicted molar refractivity (Wildman–Crippen MR) is 79.7 cm³/mol. The van der Waals surface area contributed by atoms with Gasteiger partial charge in [-0.15, -0.1) is 0 Å². The number of hydrogen-bond donors (Lipinski definition) is 0. The van der Waals surface area contributed by atoms with E-state index in [0.29, 0.717) is 6.42 Å². The van der Waals surface area contributed by atoms with E-state index < -0.39 is 0 Å². The molecule has 0 heterocycles. The fourth-order valence-electron chi connectivity index (χ4n) is 2.36. The Bertz CT molecular complexity index is 555. The zero-order chi connectivity index (χ0) is 13.7. The Hall–Kier alpha value is -1.89. The van der Waals surface area contributed by atoms with E-state index in [2.05, 4.69) is 26.0 Å². The Morgan fingerprint density at radius 1 is 0.895 bits per heavy atom. The maximum absolute atomic E-state index is 12.3. The topological polar surface area (TPSA) is 17.1 Å². The number of Topliss-reactive ketones (excluding diaryl/α,β-unsaturated/α-hetero) is 1. The molecule has 1 nitrogen and oxygen atoms in total. The summed E-state index contributed by atoms with van der Waals surface area (Å²) in [6, 6.07) is 16.0. The summed E-state index contributed by atoms with van der Waals surface area (Å²) in [5, 5.41) is 0. The average Bonchev–Trinajstić information content (AvgIpc) is 2.47. The SMILES string of the molecule is CCc1ccc(C(=O)Cc2ccccc2)cc1CC. The first-order valence-electron chi connectivity index (χ1n) is 6.93. The molecule has 0 atom stereocenters.